The van der Waals surface area contributed by atoms with Crippen molar-refractivity contribution >= 4 is 17.2 Å². The van der Waals surface area contributed by atoms with Crippen molar-refractivity contribution in [2.45, 2.75) is 32.2 Å². The normalized spacial score (nSPS) is 14.4. The molecule has 0 radical (unpaired) electrons. The van der Waals surface area contributed by atoms with Crippen molar-refractivity contribution in [3.8, 4) is 0 Å². The quantitative estimate of drug-likeness (QED) is 0.931. The van der Waals surface area contributed by atoms with Gasteiger partial charge in [-0.15, -0.1) is 11.3 Å². The summed E-state index contributed by atoms with van der Waals surface area (Å²) in [6.45, 7) is 2.35. The molecule has 0 unspecified atom stereocenters. The Labute approximate surface area is 115 Å². The summed E-state index contributed by atoms with van der Waals surface area (Å²) in [5.74, 6) is 0.550. The Morgan fingerprint density at radius 1 is 1.47 bits per heavy atom. The molecule has 2 aromatic rings. The number of hydrogen-bond acceptors (Lipinski definition) is 4. The number of nitrogens with one attached hydrogen (secondary N) is 1. The lowest BCUT2D eigenvalue weighted by Crippen LogP contribution is -2.23. The summed E-state index contributed by atoms with van der Waals surface area (Å²) < 4.78 is 0. The van der Waals surface area contributed by atoms with Gasteiger partial charge in [-0.2, -0.15) is 0 Å². The second-order valence-electron chi connectivity index (χ2n) is 4.74. The Kier molecular flexibility index (Phi) is 3.29. The third kappa shape index (κ3) is 2.81. The highest BCUT2D eigenvalue weighted by Gasteiger charge is 2.28. The van der Waals surface area contributed by atoms with Crippen LogP contribution in [-0.4, -0.2) is 15.9 Å². The molecule has 19 heavy (non-hydrogen) atoms. The van der Waals surface area contributed by atoms with Crippen molar-refractivity contribution in [2.24, 2.45) is 0 Å². The van der Waals surface area contributed by atoms with Crippen LogP contribution in [0.2, 0.25) is 0 Å². The van der Waals surface area contributed by atoms with Crippen LogP contribution in [0.5, 0.6) is 0 Å². The van der Waals surface area contributed by atoms with Crippen LogP contribution in [0.4, 0.5) is 0 Å². The van der Waals surface area contributed by atoms with Crippen molar-refractivity contribution in [2.75, 3.05) is 0 Å². The van der Waals surface area contributed by atoms with E-state index < -0.39 is 0 Å². The number of hydrogen-bond donors (Lipinski definition) is 1. The lowest BCUT2D eigenvalue weighted by Gasteiger charge is -2.03. The van der Waals surface area contributed by atoms with E-state index >= 15 is 0 Å². The second-order valence-corrected chi connectivity index (χ2v) is 5.78. The second kappa shape index (κ2) is 5.09. The molecule has 0 saturated heterocycles. The minimum atomic E-state index is -0.0486. The van der Waals surface area contributed by atoms with Crippen molar-refractivity contribution in [3.63, 3.8) is 0 Å². The molecule has 1 aliphatic rings. The van der Waals surface area contributed by atoms with Gasteiger partial charge in [0.1, 0.15) is 4.88 Å². The van der Waals surface area contributed by atoms with Crippen LogP contribution in [0.25, 0.3) is 0 Å². The lowest BCUT2D eigenvalue weighted by atomic mass is 10.3. The first-order chi connectivity index (χ1) is 9.24. The average molecular weight is 273 g/mol. The maximum absolute atomic E-state index is 12.1. The molecule has 1 amide bonds. The van der Waals surface area contributed by atoms with E-state index in [1.165, 1.54) is 24.2 Å². The molecule has 0 spiro atoms. The van der Waals surface area contributed by atoms with Crippen molar-refractivity contribution < 1.29 is 4.79 Å². The SMILES string of the molecule is Cc1nc(C2CC2)sc1C(=O)NCc1ccccn1. The summed E-state index contributed by atoms with van der Waals surface area (Å²) in [6, 6.07) is 5.67. The maximum atomic E-state index is 12.1. The fourth-order valence-electron chi connectivity index (χ4n) is 1.89. The number of pyridine rings is 1. The third-order valence-electron chi connectivity index (χ3n) is 3.10. The monoisotopic (exact) mass is 273 g/mol. The molecule has 1 N–H and O–H groups in total. The molecular weight excluding hydrogens is 258 g/mol. The van der Waals surface area contributed by atoms with Gasteiger partial charge in [0.15, 0.2) is 0 Å². The number of aromatic nitrogens is 2. The molecule has 2 aromatic heterocycles. The zero-order valence-electron chi connectivity index (χ0n) is 10.7. The van der Waals surface area contributed by atoms with E-state index in [1.807, 2.05) is 25.1 Å². The molecule has 5 heteroatoms. The fourth-order valence-corrected chi connectivity index (χ4v) is 3.04. The number of amides is 1. The molecule has 1 aliphatic carbocycles. The first-order valence-electron chi connectivity index (χ1n) is 6.39. The van der Waals surface area contributed by atoms with Crippen LogP contribution in [0.3, 0.4) is 0 Å². The van der Waals surface area contributed by atoms with Crippen LogP contribution < -0.4 is 5.32 Å². The zero-order chi connectivity index (χ0) is 13.2. The van der Waals surface area contributed by atoms with Gasteiger partial charge in [-0.1, -0.05) is 6.07 Å². The smallest absolute Gasteiger partial charge is 0.263 e. The summed E-state index contributed by atoms with van der Waals surface area (Å²) in [6.07, 6.45) is 4.15. The van der Waals surface area contributed by atoms with E-state index in [4.69, 9.17) is 0 Å². The number of carbonyl (C=O) groups excluding carboxylic acids is 1. The predicted molar refractivity (Wildman–Crippen MR) is 74.2 cm³/mol. The number of thiazole rings is 1. The van der Waals surface area contributed by atoms with Gasteiger partial charge in [-0.05, 0) is 31.9 Å². The zero-order valence-corrected chi connectivity index (χ0v) is 11.5. The van der Waals surface area contributed by atoms with E-state index in [9.17, 15) is 4.79 Å². The van der Waals surface area contributed by atoms with Gasteiger partial charge in [0.2, 0.25) is 0 Å². The highest BCUT2D eigenvalue weighted by atomic mass is 32.1. The highest BCUT2D eigenvalue weighted by molar-refractivity contribution is 7.13. The molecule has 98 valence electrons. The summed E-state index contributed by atoms with van der Waals surface area (Å²) >= 11 is 1.53. The Morgan fingerprint density at radius 2 is 2.32 bits per heavy atom. The summed E-state index contributed by atoms with van der Waals surface area (Å²) in [5.41, 5.74) is 1.70. The Hall–Kier alpha value is -1.75. The Morgan fingerprint density at radius 3 is 3.00 bits per heavy atom. The van der Waals surface area contributed by atoms with Gasteiger partial charge in [0.05, 0.1) is 22.9 Å². The lowest BCUT2D eigenvalue weighted by molar-refractivity contribution is 0.0953. The van der Waals surface area contributed by atoms with Crippen LogP contribution in [-0.2, 0) is 6.54 Å². The van der Waals surface area contributed by atoms with Gasteiger partial charge in [-0.3, -0.25) is 9.78 Å². The van der Waals surface area contributed by atoms with Crippen molar-refractivity contribution in [1.29, 1.82) is 0 Å². The standard InChI is InChI=1S/C14H15N3OS/c1-9-12(19-14(17-9)10-5-6-10)13(18)16-8-11-4-2-3-7-15-11/h2-4,7,10H,5-6,8H2,1H3,(H,16,18). The summed E-state index contributed by atoms with van der Waals surface area (Å²) in [7, 11) is 0. The molecular formula is C14H15N3OS. The van der Waals surface area contributed by atoms with Crippen LogP contribution in [0.15, 0.2) is 24.4 Å². The van der Waals surface area contributed by atoms with Gasteiger partial charge >= 0.3 is 0 Å². The third-order valence-corrected chi connectivity index (χ3v) is 4.42. The molecule has 0 aliphatic heterocycles. The molecule has 1 saturated carbocycles. The molecule has 2 heterocycles. The minimum Gasteiger partial charge on any atom is -0.346 e. The number of rotatable bonds is 4. The molecule has 3 rings (SSSR count). The van der Waals surface area contributed by atoms with E-state index in [0.29, 0.717) is 12.5 Å². The topological polar surface area (TPSA) is 54.9 Å². The first kappa shape index (κ1) is 12.3. The molecule has 0 aromatic carbocycles. The Balaban J connectivity index is 1.66. The van der Waals surface area contributed by atoms with Crippen LogP contribution in [0, 0.1) is 6.92 Å². The molecule has 1 fully saturated rings. The Bertz CT molecular complexity index is 590. The van der Waals surface area contributed by atoms with E-state index in [0.717, 1.165) is 21.3 Å². The number of aryl methyl sites for hydroxylation is 1. The number of nitrogens with zero attached hydrogens (tertiary/aromatic N) is 2. The van der Waals surface area contributed by atoms with E-state index in [2.05, 4.69) is 15.3 Å². The highest BCUT2D eigenvalue weighted by Crippen LogP contribution is 2.42. The molecule has 0 atom stereocenters. The van der Waals surface area contributed by atoms with Crippen LogP contribution in [0.1, 0.15) is 44.8 Å². The van der Waals surface area contributed by atoms with Gasteiger partial charge in [0.25, 0.3) is 5.91 Å². The predicted octanol–water partition coefficient (Wildman–Crippen LogP) is 2.65. The van der Waals surface area contributed by atoms with Gasteiger partial charge in [-0.25, -0.2) is 4.98 Å². The van der Waals surface area contributed by atoms with Crippen LogP contribution >= 0.6 is 11.3 Å². The molecule has 0 bridgehead atoms. The van der Waals surface area contributed by atoms with E-state index in [1.54, 1.807) is 6.20 Å². The van der Waals surface area contributed by atoms with Crippen molar-refractivity contribution in [1.82, 2.24) is 15.3 Å². The fraction of sp³-hybridized carbons (Fsp3) is 0.357. The number of carbonyl (C=O) groups is 1. The summed E-state index contributed by atoms with van der Waals surface area (Å²) in [5, 5.41) is 4.01. The summed E-state index contributed by atoms with van der Waals surface area (Å²) in [4.78, 5) is 21.5. The van der Waals surface area contributed by atoms with Crippen molar-refractivity contribution in [3.05, 3.63) is 45.7 Å². The van der Waals surface area contributed by atoms with Gasteiger partial charge < -0.3 is 5.32 Å². The van der Waals surface area contributed by atoms with Gasteiger partial charge in [0, 0.05) is 12.1 Å². The minimum absolute atomic E-state index is 0.0486. The molecule has 4 nitrogen and oxygen atoms in total. The average Bonchev–Trinajstić information content (AvgIpc) is 3.21. The largest absolute Gasteiger partial charge is 0.346 e. The maximum Gasteiger partial charge on any atom is 0.263 e. The van der Waals surface area contributed by atoms with E-state index in [-0.39, 0.29) is 5.91 Å². The first-order valence-corrected chi connectivity index (χ1v) is 7.21.